The molecule has 0 atom stereocenters. The summed E-state index contributed by atoms with van der Waals surface area (Å²) in [6.07, 6.45) is 3.95. The fourth-order valence-corrected chi connectivity index (χ4v) is 1.75. The number of ether oxygens (including phenoxy) is 1. The molecule has 18 heavy (non-hydrogen) atoms. The molecule has 1 rings (SSSR count). The minimum atomic E-state index is -0.0675. The Morgan fingerprint density at radius 3 is 3.00 bits per heavy atom. The summed E-state index contributed by atoms with van der Waals surface area (Å²) in [4.78, 5) is 11.3. The molecular formula is C13H17BrN2O2. The maximum atomic E-state index is 11.3. The lowest BCUT2D eigenvalue weighted by atomic mass is 10.2. The molecule has 0 fully saturated rings. The Kier molecular flexibility index (Phi) is 6.43. The second-order valence-corrected chi connectivity index (χ2v) is 4.70. The molecule has 0 aliphatic carbocycles. The number of carbonyl (C=O) groups excluding carboxylic acids is 1. The lowest BCUT2D eigenvalue weighted by molar-refractivity contribution is -0.121. The van der Waals surface area contributed by atoms with Gasteiger partial charge in [0.1, 0.15) is 5.75 Å². The molecule has 1 N–H and O–H groups in total. The first-order valence-electron chi connectivity index (χ1n) is 5.82. The van der Waals surface area contributed by atoms with Crippen molar-refractivity contribution in [3.8, 4) is 5.75 Å². The van der Waals surface area contributed by atoms with Crippen LogP contribution in [0.1, 0.15) is 31.7 Å². The summed E-state index contributed by atoms with van der Waals surface area (Å²) in [6.45, 7) is 2.04. The summed E-state index contributed by atoms with van der Waals surface area (Å²) in [6, 6.07) is 5.60. The van der Waals surface area contributed by atoms with Gasteiger partial charge in [0, 0.05) is 16.5 Å². The van der Waals surface area contributed by atoms with E-state index in [1.165, 1.54) is 0 Å². The molecule has 0 saturated carbocycles. The average Bonchev–Trinajstić information content (AvgIpc) is 2.36. The average molecular weight is 313 g/mol. The summed E-state index contributed by atoms with van der Waals surface area (Å²) in [5.41, 5.74) is 3.30. The van der Waals surface area contributed by atoms with Crippen LogP contribution in [-0.4, -0.2) is 19.2 Å². The number of carbonyl (C=O) groups is 1. The van der Waals surface area contributed by atoms with Gasteiger partial charge in [-0.05, 0) is 24.6 Å². The minimum Gasteiger partial charge on any atom is -0.496 e. The molecule has 0 heterocycles. The number of amides is 1. The van der Waals surface area contributed by atoms with Crippen molar-refractivity contribution < 1.29 is 9.53 Å². The van der Waals surface area contributed by atoms with Crippen LogP contribution in [0.15, 0.2) is 27.8 Å². The molecule has 1 aromatic rings. The Morgan fingerprint density at radius 2 is 2.33 bits per heavy atom. The van der Waals surface area contributed by atoms with Gasteiger partial charge in [-0.15, -0.1) is 0 Å². The second kappa shape index (κ2) is 7.87. The molecule has 0 radical (unpaired) electrons. The molecule has 0 aromatic heterocycles. The smallest absolute Gasteiger partial charge is 0.240 e. The lowest BCUT2D eigenvalue weighted by Gasteiger charge is -2.04. The predicted octanol–water partition coefficient (Wildman–Crippen LogP) is 3.10. The van der Waals surface area contributed by atoms with Crippen molar-refractivity contribution in [3.05, 3.63) is 28.2 Å². The molecule has 0 aliphatic heterocycles. The number of rotatable bonds is 6. The number of hydrazone groups is 1. The van der Waals surface area contributed by atoms with Crippen molar-refractivity contribution in [2.45, 2.75) is 26.2 Å². The predicted molar refractivity (Wildman–Crippen MR) is 76.0 cm³/mol. The normalized spacial score (nSPS) is 10.6. The largest absolute Gasteiger partial charge is 0.496 e. The summed E-state index contributed by atoms with van der Waals surface area (Å²) < 4.78 is 6.13. The van der Waals surface area contributed by atoms with E-state index in [0.717, 1.165) is 22.9 Å². The molecule has 0 saturated heterocycles. The molecule has 0 aliphatic rings. The first-order chi connectivity index (χ1) is 8.67. The van der Waals surface area contributed by atoms with Crippen LogP contribution in [0.2, 0.25) is 0 Å². The number of benzene rings is 1. The van der Waals surface area contributed by atoms with Crippen molar-refractivity contribution in [3.63, 3.8) is 0 Å². The highest BCUT2D eigenvalue weighted by Crippen LogP contribution is 2.21. The maximum Gasteiger partial charge on any atom is 0.240 e. The summed E-state index contributed by atoms with van der Waals surface area (Å²) in [7, 11) is 1.60. The monoisotopic (exact) mass is 312 g/mol. The van der Waals surface area contributed by atoms with Gasteiger partial charge < -0.3 is 4.74 Å². The van der Waals surface area contributed by atoms with Gasteiger partial charge in [0.2, 0.25) is 5.91 Å². The first-order valence-corrected chi connectivity index (χ1v) is 6.62. The zero-order chi connectivity index (χ0) is 13.4. The lowest BCUT2D eigenvalue weighted by Crippen LogP contribution is -2.16. The third-order valence-electron chi connectivity index (χ3n) is 2.34. The molecule has 4 nitrogen and oxygen atoms in total. The van der Waals surface area contributed by atoms with Crippen molar-refractivity contribution in [2.75, 3.05) is 7.11 Å². The Morgan fingerprint density at radius 1 is 1.56 bits per heavy atom. The van der Waals surface area contributed by atoms with Crippen molar-refractivity contribution in [1.29, 1.82) is 0 Å². The molecule has 0 bridgehead atoms. The van der Waals surface area contributed by atoms with Gasteiger partial charge in [-0.3, -0.25) is 4.79 Å². The van der Waals surface area contributed by atoms with E-state index in [1.54, 1.807) is 13.3 Å². The highest BCUT2D eigenvalue weighted by atomic mass is 79.9. The number of unbranched alkanes of at least 4 members (excludes halogenated alkanes) is 1. The van der Waals surface area contributed by atoms with E-state index in [9.17, 15) is 4.79 Å². The zero-order valence-corrected chi connectivity index (χ0v) is 12.2. The highest BCUT2D eigenvalue weighted by molar-refractivity contribution is 9.10. The molecule has 0 unspecified atom stereocenters. The van der Waals surface area contributed by atoms with Crippen LogP contribution >= 0.6 is 15.9 Å². The Labute approximate surface area is 116 Å². The fourth-order valence-electron chi connectivity index (χ4n) is 1.37. The second-order valence-electron chi connectivity index (χ2n) is 3.78. The number of nitrogens with one attached hydrogen (secondary N) is 1. The molecular weight excluding hydrogens is 296 g/mol. The van der Waals surface area contributed by atoms with E-state index in [-0.39, 0.29) is 5.91 Å². The fraction of sp³-hybridized carbons (Fsp3) is 0.385. The van der Waals surface area contributed by atoms with Gasteiger partial charge >= 0.3 is 0 Å². The quantitative estimate of drug-likeness (QED) is 0.648. The highest BCUT2D eigenvalue weighted by Gasteiger charge is 2.01. The number of halogens is 1. The van der Waals surface area contributed by atoms with E-state index >= 15 is 0 Å². The molecule has 98 valence electrons. The van der Waals surface area contributed by atoms with Crippen molar-refractivity contribution >= 4 is 28.1 Å². The van der Waals surface area contributed by atoms with Crippen LogP contribution in [0.5, 0.6) is 5.75 Å². The summed E-state index contributed by atoms with van der Waals surface area (Å²) >= 11 is 3.38. The molecule has 0 spiro atoms. The van der Waals surface area contributed by atoms with Crippen LogP contribution in [-0.2, 0) is 4.79 Å². The number of nitrogens with zero attached hydrogens (tertiary/aromatic N) is 1. The van der Waals surface area contributed by atoms with Gasteiger partial charge in [0.25, 0.3) is 0 Å². The van der Waals surface area contributed by atoms with Gasteiger partial charge in [0.15, 0.2) is 0 Å². The third kappa shape index (κ3) is 4.87. The van der Waals surface area contributed by atoms with E-state index in [0.29, 0.717) is 12.2 Å². The Hall–Kier alpha value is -1.36. The summed E-state index contributed by atoms with van der Waals surface area (Å²) in [5, 5.41) is 3.92. The number of methoxy groups -OCH3 is 1. The Bertz CT molecular complexity index is 433. The van der Waals surface area contributed by atoms with Gasteiger partial charge in [0.05, 0.1) is 13.3 Å². The van der Waals surface area contributed by atoms with Gasteiger partial charge in [-0.25, -0.2) is 5.43 Å². The van der Waals surface area contributed by atoms with Gasteiger partial charge in [-0.1, -0.05) is 29.3 Å². The first kappa shape index (κ1) is 14.7. The van der Waals surface area contributed by atoms with Crippen molar-refractivity contribution in [1.82, 2.24) is 5.43 Å². The van der Waals surface area contributed by atoms with Crippen LogP contribution in [0.3, 0.4) is 0 Å². The van der Waals surface area contributed by atoms with E-state index < -0.39 is 0 Å². The minimum absolute atomic E-state index is 0.0675. The topological polar surface area (TPSA) is 50.7 Å². The van der Waals surface area contributed by atoms with Crippen molar-refractivity contribution in [2.24, 2.45) is 5.10 Å². The molecule has 5 heteroatoms. The SMILES string of the molecule is CCCCC(=O)N/N=C/c1cc(Br)ccc1OC. The summed E-state index contributed by atoms with van der Waals surface area (Å²) in [5.74, 6) is 0.645. The zero-order valence-electron chi connectivity index (χ0n) is 10.6. The third-order valence-corrected chi connectivity index (χ3v) is 2.84. The van der Waals surface area contributed by atoms with E-state index in [2.05, 4.69) is 26.5 Å². The van der Waals surface area contributed by atoms with Gasteiger partial charge in [-0.2, -0.15) is 5.10 Å². The maximum absolute atomic E-state index is 11.3. The molecule has 1 amide bonds. The van der Waals surface area contributed by atoms with Crippen LogP contribution in [0.25, 0.3) is 0 Å². The standard InChI is InChI=1S/C13H17BrN2O2/c1-3-4-5-13(17)16-15-9-10-8-11(14)6-7-12(10)18-2/h6-9H,3-5H2,1-2H3,(H,16,17)/b15-9+. The Balaban J connectivity index is 2.61. The van der Waals surface area contributed by atoms with E-state index in [1.807, 2.05) is 25.1 Å². The van der Waals surface area contributed by atoms with E-state index in [4.69, 9.17) is 4.74 Å². The van der Waals surface area contributed by atoms with Crippen LogP contribution in [0.4, 0.5) is 0 Å². The van der Waals surface area contributed by atoms with Crippen LogP contribution in [0, 0.1) is 0 Å². The molecule has 1 aromatic carbocycles. The van der Waals surface area contributed by atoms with Crippen LogP contribution < -0.4 is 10.2 Å². The number of hydrogen-bond acceptors (Lipinski definition) is 3. The number of hydrogen-bond donors (Lipinski definition) is 1.